The van der Waals surface area contributed by atoms with Crippen LogP contribution in [0.1, 0.15) is 46.2 Å². The van der Waals surface area contributed by atoms with Crippen molar-refractivity contribution in [3.05, 3.63) is 57.6 Å². The van der Waals surface area contributed by atoms with E-state index in [0.717, 1.165) is 64.4 Å². The minimum Gasteiger partial charge on any atom is -0.255 e. The molecule has 0 saturated carbocycles. The van der Waals surface area contributed by atoms with Crippen LogP contribution in [0.3, 0.4) is 0 Å². The lowest BCUT2D eigenvalue weighted by Gasteiger charge is -2.42. The van der Waals surface area contributed by atoms with Crippen LogP contribution in [0, 0.1) is 27.7 Å². The third-order valence-electron chi connectivity index (χ3n) is 10.6. The second kappa shape index (κ2) is 19.1. The highest BCUT2D eigenvalue weighted by atomic mass is 19.4. The first-order chi connectivity index (χ1) is 32.2. The van der Waals surface area contributed by atoms with Crippen molar-refractivity contribution in [3.63, 3.8) is 0 Å². The molecule has 0 heterocycles. The van der Waals surface area contributed by atoms with Crippen LogP contribution in [0.15, 0.2) is 34.3 Å². The van der Waals surface area contributed by atoms with Gasteiger partial charge in [-0.05, 0) is 73.9 Å². The quantitative estimate of drug-likeness (QED) is 0.0879. The van der Waals surface area contributed by atoms with Gasteiger partial charge in [-0.2, -0.15) is 149 Å². The van der Waals surface area contributed by atoms with Crippen molar-refractivity contribution in [1.82, 2.24) is 0 Å². The smallest absolute Gasteiger partial charge is 0.255 e. The van der Waals surface area contributed by atoms with E-state index in [-0.39, 0.29) is 33.6 Å². The van der Waals surface area contributed by atoms with Crippen LogP contribution in [0.5, 0.6) is 0 Å². The van der Waals surface area contributed by atoms with Crippen molar-refractivity contribution in [3.8, 4) is 0 Å². The molecule has 2 aromatic carbocycles. The molecule has 0 fully saturated rings. The highest BCUT2D eigenvalue weighted by Crippen LogP contribution is 2.66. The summed E-state index contributed by atoms with van der Waals surface area (Å²) in [7, 11) is 0. The molecule has 2 aromatic rings. The van der Waals surface area contributed by atoms with Gasteiger partial charge in [0.1, 0.15) is 0 Å². The lowest BCUT2D eigenvalue weighted by Crippen LogP contribution is -2.74. The van der Waals surface area contributed by atoms with E-state index in [0.29, 0.717) is 0 Å². The predicted molar refractivity (Wildman–Crippen MR) is 186 cm³/mol. The van der Waals surface area contributed by atoms with Crippen LogP contribution in [0.25, 0.3) is 0 Å². The summed E-state index contributed by atoms with van der Waals surface area (Å²) in [6.07, 6.45) is -23.1. The molecule has 0 aliphatic heterocycles. The summed E-state index contributed by atoms with van der Waals surface area (Å²) < 4.78 is 463. The van der Waals surface area contributed by atoms with E-state index in [9.17, 15) is 149 Å². The van der Waals surface area contributed by atoms with Crippen LogP contribution >= 0.6 is 0 Å². The van der Waals surface area contributed by atoms with Crippen molar-refractivity contribution in [2.75, 3.05) is 0 Å². The van der Waals surface area contributed by atoms with E-state index < -0.39 is 132 Å². The summed E-state index contributed by atoms with van der Waals surface area (Å²) in [6, 6.07) is 2.99. The SMILES string of the molecule is Cc1cc(CCC(F)(F)C(F)(F)C(F)(F)C(F)(F)C(F)(F)C(F)(F)C(F)(F)C(F)(F)F)cc(C)c1N=CC=Nc1c(C)cc(CCC(F)(F)C(F)(F)C(F)(F)C(F)(F)C(F)(F)C(F)(F)C(F)(F)C(F)(F)F)cc1C. The molecule has 0 unspecified atom stereocenters. The molecule has 74 heavy (non-hydrogen) atoms. The zero-order valence-electron chi connectivity index (χ0n) is 36.0. The Hall–Kier alpha value is -4.60. The highest BCUT2D eigenvalue weighted by Gasteiger charge is 2.97. The normalized spacial score (nSPS) is 15.8. The number of rotatable bonds is 21. The third kappa shape index (κ3) is 10.00. The Bertz CT molecular complexity index is 2190. The van der Waals surface area contributed by atoms with Gasteiger partial charge in [-0.1, -0.05) is 24.3 Å². The molecular weight excluding hydrogens is 1130 g/mol. The molecule has 0 N–H and O–H groups in total. The summed E-state index contributed by atoms with van der Waals surface area (Å²) in [4.78, 5) is 7.73. The Morgan fingerprint density at radius 1 is 0.284 bits per heavy atom. The Kier molecular flexibility index (Phi) is 16.9. The second-order valence-corrected chi connectivity index (χ2v) is 16.0. The number of halogens is 34. The molecule has 2 nitrogen and oxygen atoms in total. The van der Waals surface area contributed by atoms with Crippen LogP contribution in [0.2, 0.25) is 0 Å². The minimum absolute atomic E-state index is 0.167. The fraction of sp³-hybridized carbons (Fsp3) is 0.632. The maximum Gasteiger partial charge on any atom is 0.460 e. The number of nitrogens with zero attached hydrogens (tertiary/aromatic N) is 2. The summed E-state index contributed by atoms with van der Waals surface area (Å²) in [5, 5.41) is 0. The van der Waals surface area contributed by atoms with Crippen LogP contribution in [-0.4, -0.2) is 108 Å². The van der Waals surface area contributed by atoms with Gasteiger partial charge in [0.05, 0.1) is 11.4 Å². The topological polar surface area (TPSA) is 24.7 Å². The Labute approximate surface area is 389 Å². The molecule has 0 aromatic heterocycles. The average molecular weight is 1160 g/mol. The molecule has 0 spiro atoms. The van der Waals surface area contributed by atoms with Gasteiger partial charge >= 0.3 is 95.3 Å². The molecular formula is C38H26F34N2. The number of alkyl halides is 34. The Morgan fingerprint density at radius 2 is 0.459 bits per heavy atom. The molecule has 2 rings (SSSR count). The maximum atomic E-state index is 14.5. The maximum absolute atomic E-state index is 14.5. The first-order valence-electron chi connectivity index (χ1n) is 18.9. The summed E-state index contributed by atoms with van der Waals surface area (Å²) >= 11 is 0. The average Bonchev–Trinajstić information content (AvgIpc) is 3.20. The number of hydrogen-bond donors (Lipinski definition) is 0. The first kappa shape index (κ1) is 65.5. The van der Waals surface area contributed by atoms with Crippen LogP contribution in [0.4, 0.5) is 161 Å². The lowest BCUT2D eigenvalue weighted by molar-refractivity contribution is -0.461. The highest BCUT2D eigenvalue weighted by molar-refractivity contribution is 6.17. The van der Waals surface area contributed by atoms with Crippen molar-refractivity contribution < 1.29 is 149 Å². The minimum atomic E-state index is -8.81. The van der Waals surface area contributed by atoms with E-state index in [1.54, 1.807) is 0 Å². The molecule has 0 aliphatic carbocycles. The molecule has 0 aliphatic rings. The zero-order chi connectivity index (χ0) is 59.1. The monoisotopic (exact) mass is 1160 g/mol. The predicted octanol–water partition coefficient (Wildman–Crippen LogP) is 16.9. The van der Waals surface area contributed by atoms with E-state index in [4.69, 9.17) is 0 Å². The van der Waals surface area contributed by atoms with Gasteiger partial charge in [0.25, 0.3) is 0 Å². The molecule has 0 atom stereocenters. The fourth-order valence-corrected chi connectivity index (χ4v) is 6.31. The van der Waals surface area contributed by atoms with Crippen molar-refractivity contribution >= 4 is 23.8 Å². The summed E-state index contributed by atoms with van der Waals surface area (Å²) in [5.41, 5.74) is -2.28. The van der Waals surface area contributed by atoms with Crippen molar-refractivity contribution in [2.24, 2.45) is 9.98 Å². The molecule has 36 heteroatoms. The lowest BCUT2D eigenvalue weighted by atomic mass is 9.87. The fourth-order valence-electron chi connectivity index (χ4n) is 6.31. The molecule has 426 valence electrons. The number of hydrogen-bond acceptors (Lipinski definition) is 2. The number of benzene rings is 2. The standard InChI is InChI=1S/C38H26F34N2/c1-15-11-19(5-7-23(39,40)25(43,44)27(47,48)29(51,52)31(55,56)33(59,60)35(63,64)37(67,68)69)12-16(2)21(15)73-9-10-74-22-17(3)13-20(14-18(22)4)6-8-24(41,42)26(45,46)28(49,50)30(53,54)32(57,58)34(61,62)36(65,66)38(70,71)72/h9-14H,5-8H2,1-4H3. The molecule has 0 bridgehead atoms. The van der Waals surface area contributed by atoms with Gasteiger partial charge in [-0.25, -0.2) is 0 Å². The van der Waals surface area contributed by atoms with Gasteiger partial charge < -0.3 is 0 Å². The van der Waals surface area contributed by atoms with Crippen molar-refractivity contribution in [1.29, 1.82) is 0 Å². The van der Waals surface area contributed by atoms with Gasteiger partial charge in [0.15, 0.2) is 0 Å². The summed E-state index contributed by atoms with van der Waals surface area (Å²) in [5.74, 6) is -115. The van der Waals surface area contributed by atoms with Crippen molar-refractivity contribution in [2.45, 2.75) is 149 Å². The zero-order valence-corrected chi connectivity index (χ0v) is 36.0. The van der Waals surface area contributed by atoms with Crippen LogP contribution in [-0.2, 0) is 12.8 Å². The first-order valence-corrected chi connectivity index (χ1v) is 18.9. The summed E-state index contributed by atoms with van der Waals surface area (Å²) in [6.45, 7) is 4.25. The van der Waals surface area contributed by atoms with E-state index >= 15 is 0 Å². The molecule has 0 saturated heterocycles. The van der Waals surface area contributed by atoms with Gasteiger partial charge in [-0.15, -0.1) is 0 Å². The van der Waals surface area contributed by atoms with Gasteiger partial charge in [0, 0.05) is 25.3 Å². The number of aliphatic imine (C=N–C) groups is 2. The molecule has 0 amide bonds. The van der Waals surface area contributed by atoms with E-state index in [2.05, 4.69) is 9.98 Å². The van der Waals surface area contributed by atoms with Crippen LogP contribution < -0.4 is 0 Å². The van der Waals surface area contributed by atoms with Gasteiger partial charge in [-0.3, -0.25) is 9.98 Å². The Morgan fingerprint density at radius 3 is 0.649 bits per heavy atom. The molecule has 0 radical (unpaired) electrons. The Balaban J connectivity index is 2.34. The third-order valence-corrected chi connectivity index (χ3v) is 10.6. The van der Waals surface area contributed by atoms with E-state index in [1.807, 2.05) is 0 Å². The second-order valence-electron chi connectivity index (χ2n) is 16.0. The van der Waals surface area contributed by atoms with E-state index in [1.165, 1.54) is 0 Å². The largest absolute Gasteiger partial charge is 0.460 e. The number of aryl methyl sites for hydroxylation is 6. The van der Waals surface area contributed by atoms with Gasteiger partial charge in [0.2, 0.25) is 0 Å².